The van der Waals surface area contributed by atoms with Crippen molar-refractivity contribution in [2.75, 3.05) is 0 Å². The average Bonchev–Trinajstić information content (AvgIpc) is 3.12. The van der Waals surface area contributed by atoms with Crippen LogP contribution in [0.1, 0.15) is 22.3 Å². The van der Waals surface area contributed by atoms with E-state index >= 15 is 0 Å². The van der Waals surface area contributed by atoms with Gasteiger partial charge in [0.05, 0.1) is 11.4 Å². The van der Waals surface area contributed by atoms with Crippen molar-refractivity contribution in [1.29, 1.82) is 0 Å². The van der Waals surface area contributed by atoms with E-state index in [1.807, 2.05) is 26.0 Å². The maximum atomic E-state index is 10.1. The first kappa shape index (κ1) is 18.1. The highest BCUT2D eigenvalue weighted by atomic mass is 16.3. The summed E-state index contributed by atoms with van der Waals surface area (Å²) in [7, 11) is 0. The van der Waals surface area contributed by atoms with Crippen LogP contribution in [0.3, 0.4) is 0 Å². The number of H-pyrrole nitrogens is 1. The molecule has 0 unspecified atom stereocenters. The van der Waals surface area contributed by atoms with Crippen LogP contribution in [0, 0.1) is 27.7 Å². The first-order chi connectivity index (χ1) is 13.4. The van der Waals surface area contributed by atoms with Crippen molar-refractivity contribution < 1.29 is 5.11 Å². The first-order valence-electron chi connectivity index (χ1n) is 9.47. The summed E-state index contributed by atoms with van der Waals surface area (Å²) < 4.78 is 0. The van der Waals surface area contributed by atoms with Gasteiger partial charge in [-0.2, -0.15) is 0 Å². The van der Waals surface area contributed by atoms with Crippen molar-refractivity contribution in [1.82, 2.24) is 9.97 Å². The van der Waals surface area contributed by atoms with Crippen molar-refractivity contribution in [2.24, 2.45) is 0 Å². The molecule has 3 aromatic carbocycles. The van der Waals surface area contributed by atoms with Crippen molar-refractivity contribution in [3.63, 3.8) is 0 Å². The Hall–Kier alpha value is -3.33. The van der Waals surface area contributed by atoms with E-state index in [9.17, 15) is 5.11 Å². The first-order valence-corrected chi connectivity index (χ1v) is 9.47. The van der Waals surface area contributed by atoms with E-state index in [0.29, 0.717) is 5.75 Å². The molecular weight excluding hydrogens is 344 g/mol. The third-order valence-electron chi connectivity index (χ3n) is 5.13. The van der Waals surface area contributed by atoms with Gasteiger partial charge in [-0.05, 0) is 51.0 Å². The second kappa shape index (κ2) is 7.01. The van der Waals surface area contributed by atoms with Gasteiger partial charge in [0.25, 0.3) is 0 Å². The molecule has 4 rings (SSSR count). The highest BCUT2D eigenvalue weighted by Gasteiger charge is 2.16. The highest BCUT2D eigenvalue weighted by Crippen LogP contribution is 2.35. The second-order valence-electron chi connectivity index (χ2n) is 7.50. The molecule has 0 bridgehead atoms. The number of aryl methyl sites for hydroxylation is 4. The van der Waals surface area contributed by atoms with Gasteiger partial charge in [-0.15, -0.1) is 0 Å². The average molecular weight is 368 g/mol. The maximum absolute atomic E-state index is 10.1. The van der Waals surface area contributed by atoms with Crippen LogP contribution in [-0.2, 0) is 0 Å². The number of aromatic amines is 1. The molecule has 1 heterocycles. The number of aromatic hydroxyl groups is 1. The van der Waals surface area contributed by atoms with E-state index in [-0.39, 0.29) is 0 Å². The van der Waals surface area contributed by atoms with Crippen molar-refractivity contribution in [3.8, 4) is 39.7 Å². The van der Waals surface area contributed by atoms with Gasteiger partial charge in [-0.25, -0.2) is 4.98 Å². The summed E-state index contributed by atoms with van der Waals surface area (Å²) in [5, 5.41) is 10.1. The fourth-order valence-corrected chi connectivity index (χ4v) is 3.45. The van der Waals surface area contributed by atoms with E-state index in [4.69, 9.17) is 4.98 Å². The largest absolute Gasteiger partial charge is 0.507 e. The molecule has 0 saturated heterocycles. The zero-order valence-corrected chi connectivity index (χ0v) is 16.7. The Kier molecular flexibility index (Phi) is 4.52. The lowest BCUT2D eigenvalue weighted by Gasteiger charge is -2.06. The van der Waals surface area contributed by atoms with Gasteiger partial charge in [-0.1, -0.05) is 59.7 Å². The molecular formula is C25H24N2O. The Morgan fingerprint density at radius 2 is 1.18 bits per heavy atom. The number of hydrogen-bond donors (Lipinski definition) is 2. The lowest BCUT2D eigenvalue weighted by atomic mass is 10.0. The molecule has 2 N–H and O–H groups in total. The van der Waals surface area contributed by atoms with Crippen molar-refractivity contribution in [2.45, 2.75) is 27.7 Å². The molecule has 28 heavy (non-hydrogen) atoms. The van der Waals surface area contributed by atoms with Crippen LogP contribution >= 0.6 is 0 Å². The SMILES string of the molecule is Cc1ccc(-c2nc(-c3cc(C)c(O)c(C)c3)[nH]c2-c2ccc(C)cc2)cc1. The van der Waals surface area contributed by atoms with Gasteiger partial charge in [0.1, 0.15) is 11.6 Å². The van der Waals surface area contributed by atoms with Crippen LogP contribution < -0.4 is 0 Å². The number of rotatable bonds is 3. The molecule has 4 aromatic rings. The molecule has 0 aliphatic carbocycles. The summed E-state index contributed by atoms with van der Waals surface area (Å²) in [6.07, 6.45) is 0. The number of benzene rings is 3. The fraction of sp³-hybridized carbons (Fsp3) is 0.160. The number of hydrogen-bond acceptors (Lipinski definition) is 2. The molecule has 0 saturated carbocycles. The predicted molar refractivity (Wildman–Crippen MR) is 116 cm³/mol. The van der Waals surface area contributed by atoms with E-state index in [0.717, 1.165) is 45.0 Å². The van der Waals surface area contributed by atoms with E-state index in [2.05, 4.69) is 67.4 Å². The Morgan fingerprint density at radius 1 is 0.679 bits per heavy atom. The van der Waals surface area contributed by atoms with Gasteiger partial charge < -0.3 is 10.1 Å². The number of nitrogens with one attached hydrogen (secondary N) is 1. The molecule has 0 radical (unpaired) electrons. The van der Waals surface area contributed by atoms with Crippen LogP contribution in [0.25, 0.3) is 33.9 Å². The molecule has 0 fully saturated rings. The zero-order chi connectivity index (χ0) is 19.8. The lowest BCUT2D eigenvalue weighted by Crippen LogP contribution is -1.87. The fourth-order valence-electron chi connectivity index (χ4n) is 3.45. The van der Waals surface area contributed by atoms with Gasteiger partial charge in [-0.3, -0.25) is 0 Å². The van der Waals surface area contributed by atoms with Gasteiger partial charge >= 0.3 is 0 Å². The van der Waals surface area contributed by atoms with E-state index in [1.165, 1.54) is 11.1 Å². The highest BCUT2D eigenvalue weighted by molar-refractivity contribution is 5.81. The van der Waals surface area contributed by atoms with Gasteiger partial charge in [0.15, 0.2) is 0 Å². The Balaban J connectivity index is 1.91. The van der Waals surface area contributed by atoms with Gasteiger partial charge in [0, 0.05) is 16.7 Å². The number of nitrogens with zero attached hydrogens (tertiary/aromatic N) is 1. The quantitative estimate of drug-likeness (QED) is 0.443. The van der Waals surface area contributed by atoms with Gasteiger partial charge in [0.2, 0.25) is 0 Å². The standard InChI is InChI=1S/C25H24N2O/c1-15-5-9-19(10-6-15)22-23(20-11-7-16(2)8-12-20)27-25(26-22)21-13-17(3)24(28)18(4)14-21/h5-14,28H,1-4H3,(H,26,27). The Morgan fingerprint density at radius 3 is 1.71 bits per heavy atom. The molecule has 0 aliphatic rings. The van der Waals surface area contributed by atoms with Crippen molar-refractivity contribution >= 4 is 0 Å². The zero-order valence-electron chi connectivity index (χ0n) is 16.7. The monoisotopic (exact) mass is 368 g/mol. The molecule has 0 amide bonds. The summed E-state index contributed by atoms with van der Waals surface area (Å²) in [5.41, 5.74) is 9.23. The molecule has 3 nitrogen and oxygen atoms in total. The minimum Gasteiger partial charge on any atom is -0.507 e. The van der Waals surface area contributed by atoms with E-state index in [1.54, 1.807) is 0 Å². The van der Waals surface area contributed by atoms with Crippen molar-refractivity contribution in [3.05, 3.63) is 82.9 Å². The Labute approximate surface area is 165 Å². The smallest absolute Gasteiger partial charge is 0.138 e. The summed E-state index contributed by atoms with van der Waals surface area (Å²) >= 11 is 0. The summed E-state index contributed by atoms with van der Waals surface area (Å²) in [6.45, 7) is 8.00. The lowest BCUT2D eigenvalue weighted by molar-refractivity contribution is 0.467. The molecule has 1 aromatic heterocycles. The summed E-state index contributed by atoms with van der Waals surface area (Å²) in [4.78, 5) is 8.48. The maximum Gasteiger partial charge on any atom is 0.138 e. The minimum absolute atomic E-state index is 0.341. The number of phenolic OH excluding ortho intramolecular Hbond substituents is 1. The minimum atomic E-state index is 0.341. The third kappa shape index (κ3) is 3.31. The summed E-state index contributed by atoms with van der Waals surface area (Å²) in [6, 6.07) is 20.9. The second-order valence-corrected chi connectivity index (χ2v) is 7.50. The predicted octanol–water partition coefficient (Wildman–Crippen LogP) is 6.35. The molecule has 0 atom stereocenters. The van der Waals surface area contributed by atoms with E-state index < -0.39 is 0 Å². The van der Waals surface area contributed by atoms with Crippen LogP contribution in [0.2, 0.25) is 0 Å². The number of aromatic nitrogens is 2. The summed E-state index contributed by atoms with van der Waals surface area (Å²) in [5.74, 6) is 1.14. The molecule has 0 spiro atoms. The number of imidazole rings is 1. The normalized spacial score (nSPS) is 11.0. The van der Waals surface area contributed by atoms with Crippen LogP contribution in [0.15, 0.2) is 60.7 Å². The topological polar surface area (TPSA) is 48.9 Å². The molecule has 140 valence electrons. The van der Waals surface area contributed by atoms with Crippen LogP contribution in [0.5, 0.6) is 5.75 Å². The van der Waals surface area contributed by atoms with Crippen LogP contribution in [-0.4, -0.2) is 15.1 Å². The third-order valence-corrected chi connectivity index (χ3v) is 5.13. The molecule has 0 aliphatic heterocycles. The van der Waals surface area contributed by atoms with Crippen LogP contribution in [0.4, 0.5) is 0 Å². The Bertz CT molecular complexity index is 1050. The molecule has 3 heteroatoms. The number of phenols is 1.